The van der Waals surface area contributed by atoms with Crippen molar-refractivity contribution in [2.24, 2.45) is 11.1 Å². The molecule has 1 aliphatic carbocycles. The molecule has 1 fully saturated rings. The molecular formula is C12H15F3N2O. The number of nitrogens with two attached hydrogens (primary N) is 2. The fourth-order valence-electron chi connectivity index (χ4n) is 1.67. The summed E-state index contributed by atoms with van der Waals surface area (Å²) in [6.45, 7) is 0.923. The van der Waals surface area contributed by atoms with E-state index in [0.717, 1.165) is 25.0 Å². The molecule has 0 aliphatic heterocycles. The maximum Gasteiger partial charge on any atom is 0.416 e. The van der Waals surface area contributed by atoms with Crippen molar-refractivity contribution in [2.45, 2.75) is 19.0 Å². The van der Waals surface area contributed by atoms with Gasteiger partial charge in [0.2, 0.25) is 0 Å². The molecule has 1 aliphatic rings. The molecule has 4 N–H and O–H groups in total. The van der Waals surface area contributed by atoms with Gasteiger partial charge in [-0.05, 0) is 31.0 Å². The summed E-state index contributed by atoms with van der Waals surface area (Å²) in [6, 6.07) is 3.11. The Morgan fingerprint density at radius 1 is 1.28 bits per heavy atom. The van der Waals surface area contributed by atoms with Crippen molar-refractivity contribution >= 4 is 5.69 Å². The van der Waals surface area contributed by atoms with Crippen LogP contribution >= 0.6 is 0 Å². The molecule has 0 heterocycles. The van der Waals surface area contributed by atoms with Gasteiger partial charge in [-0.1, -0.05) is 0 Å². The first kappa shape index (κ1) is 13.0. The van der Waals surface area contributed by atoms with E-state index in [4.69, 9.17) is 16.2 Å². The molecule has 0 unspecified atom stereocenters. The molecular weight excluding hydrogens is 245 g/mol. The molecule has 0 aromatic heterocycles. The summed E-state index contributed by atoms with van der Waals surface area (Å²) in [5, 5.41) is 0. The fourth-order valence-corrected chi connectivity index (χ4v) is 1.67. The first-order valence-electron chi connectivity index (χ1n) is 5.66. The summed E-state index contributed by atoms with van der Waals surface area (Å²) < 4.78 is 42.7. The number of rotatable bonds is 4. The Morgan fingerprint density at radius 3 is 2.39 bits per heavy atom. The van der Waals surface area contributed by atoms with E-state index in [0.29, 0.717) is 13.2 Å². The average Bonchev–Trinajstić information content (AvgIpc) is 3.07. The summed E-state index contributed by atoms with van der Waals surface area (Å²) in [6.07, 6.45) is -2.41. The standard InChI is InChI=1S/C12H15F3N2O/c13-12(14,15)8-1-2-10(9(17)5-8)18-7-11(6-16)3-4-11/h1-2,5H,3-4,6-7,16-17H2. The maximum absolute atomic E-state index is 12.4. The summed E-state index contributed by atoms with van der Waals surface area (Å²) in [7, 11) is 0. The van der Waals surface area contributed by atoms with Crippen LogP contribution in [0.15, 0.2) is 18.2 Å². The highest BCUT2D eigenvalue weighted by molar-refractivity contribution is 5.54. The lowest BCUT2D eigenvalue weighted by Crippen LogP contribution is -2.23. The minimum atomic E-state index is -4.39. The Hall–Kier alpha value is -1.43. The molecule has 0 radical (unpaired) electrons. The summed E-state index contributed by atoms with van der Waals surface area (Å²) >= 11 is 0. The lowest BCUT2D eigenvalue weighted by molar-refractivity contribution is -0.137. The van der Waals surface area contributed by atoms with Crippen molar-refractivity contribution in [3.05, 3.63) is 23.8 Å². The first-order valence-corrected chi connectivity index (χ1v) is 5.66. The quantitative estimate of drug-likeness (QED) is 0.817. The van der Waals surface area contributed by atoms with Crippen molar-refractivity contribution < 1.29 is 17.9 Å². The highest BCUT2D eigenvalue weighted by atomic mass is 19.4. The van der Waals surface area contributed by atoms with Crippen molar-refractivity contribution in [1.29, 1.82) is 0 Å². The molecule has 0 atom stereocenters. The molecule has 6 heteroatoms. The van der Waals surface area contributed by atoms with Gasteiger partial charge in [0.25, 0.3) is 0 Å². The zero-order valence-electron chi connectivity index (χ0n) is 9.76. The zero-order chi connectivity index (χ0) is 13.4. The van der Waals surface area contributed by atoms with E-state index in [9.17, 15) is 13.2 Å². The smallest absolute Gasteiger partial charge is 0.416 e. The summed E-state index contributed by atoms with van der Waals surface area (Å²) in [5.41, 5.74) is 10.4. The second kappa shape index (κ2) is 4.35. The van der Waals surface area contributed by atoms with Crippen LogP contribution in [-0.2, 0) is 6.18 Å². The third-order valence-corrected chi connectivity index (χ3v) is 3.26. The van der Waals surface area contributed by atoms with E-state index >= 15 is 0 Å². The lowest BCUT2D eigenvalue weighted by Gasteiger charge is -2.16. The molecule has 0 saturated heterocycles. The fraction of sp³-hybridized carbons (Fsp3) is 0.500. The lowest BCUT2D eigenvalue weighted by atomic mass is 10.1. The normalized spacial score (nSPS) is 17.6. The van der Waals surface area contributed by atoms with Crippen LogP contribution in [0, 0.1) is 5.41 Å². The molecule has 18 heavy (non-hydrogen) atoms. The van der Waals surface area contributed by atoms with Crippen LogP contribution in [0.5, 0.6) is 5.75 Å². The average molecular weight is 260 g/mol. The molecule has 2 rings (SSSR count). The Bertz CT molecular complexity index is 441. The van der Waals surface area contributed by atoms with E-state index in [2.05, 4.69) is 0 Å². The van der Waals surface area contributed by atoms with Gasteiger partial charge in [-0.25, -0.2) is 0 Å². The third kappa shape index (κ3) is 2.69. The van der Waals surface area contributed by atoms with E-state index in [1.807, 2.05) is 0 Å². The highest BCUT2D eigenvalue weighted by Gasteiger charge is 2.42. The van der Waals surface area contributed by atoms with Gasteiger partial charge in [-0.3, -0.25) is 0 Å². The van der Waals surface area contributed by atoms with Gasteiger partial charge in [0.15, 0.2) is 0 Å². The van der Waals surface area contributed by atoms with Crippen molar-refractivity contribution in [3.63, 3.8) is 0 Å². The van der Waals surface area contributed by atoms with Crippen LogP contribution in [0.3, 0.4) is 0 Å². The predicted octanol–water partition coefficient (Wildman–Crippen LogP) is 2.41. The third-order valence-electron chi connectivity index (χ3n) is 3.26. The molecule has 1 saturated carbocycles. The van der Waals surface area contributed by atoms with E-state index < -0.39 is 11.7 Å². The SMILES string of the molecule is NCC1(COc2ccc(C(F)(F)F)cc2N)CC1. The van der Waals surface area contributed by atoms with Gasteiger partial charge in [-0.15, -0.1) is 0 Å². The molecule has 0 amide bonds. The number of halogens is 3. The second-order valence-electron chi connectivity index (χ2n) is 4.74. The number of benzene rings is 1. The number of ether oxygens (including phenoxy) is 1. The molecule has 1 aromatic rings. The van der Waals surface area contributed by atoms with Crippen molar-refractivity contribution in [1.82, 2.24) is 0 Å². The van der Waals surface area contributed by atoms with E-state index in [1.54, 1.807) is 0 Å². The van der Waals surface area contributed by atoms with Gasteiger partial charge in [0.05, 0.1) is 17.9 Å². The highest BCUT2D eigenvalue weighted by Crippen LogP contribution is 2.45. The Balaban J connectivity index is 2.06. The second-order valence-corrected chi connectivity index (χ2v) is 4.74. The van der Waals surface area contributed by atoms with Gasteiger partial charge in [-0.2, -0.15) is 13.2 Å². The van der Waals surface area contributed by atoms with E-state index in [1.165, 1.54) is 6.07 Å². The molecule has 3 nitrogen and oxygen atoms in total. The van der Waals surface area contributed by atoms with Gasteiger partial charge in [0.1, 0.15) is 5.75 Å². The number of anilines is 1. The van der Waals surface area contributed by atoms with Gasteiger partial charge in [0, 0.05) is 12.0 Å². The minimum Gasteiger partial charge on any atom is -0.491 e. The number of hydrogen-bond acceptors (Lipinski definition) is 3. The molecule has 100 valence electrons. The van der Waals surface area contributed by atoms with Crippen LogP contribution in [0.2, 0.25) is 0 Å². The largest absolute Gasteiger partial charge is 0.491 e. The van der Waals surface area contributed by atoms with Gasteiger partial charge >= 0.3 is 6.18 Å². The van der Waals surface area contributed by atoms with E-state index in [-0.39, 0.29) is 16.9 Å². The molecule has 1 aromatic carbocycles. The number of nitrogen functional groups attached to an aromatic ring is 1. The summed E-state index contributed by atoms with van der Waals surface area (Å²) in [5.74, 6) is 0.280. The first-order chi connectivity index (χ1) is 8.36. The van der Waals surface area contributed by atoms with Crippen LogP contribution in [0.25, 0.3) is 0 Å². The Labute approximate surface area is 103 Å². The van der Waals surface area contributed by atoms with Crippen LogP contribution in [0.1, 0.15) is 18.4 Å². The van der Waals surface area contributed by atoms with Crippen LogP contribution in [-0.4, -0.2) is 13.2 Å². The Morgan fingerprint density at radius 2 is 1.94 bits per heavy atom. The van der Waals surface area contributed by atoms with Crippen LogP contribution in [0.4, 0.5) is 18.9 Å². The topological polar surface area (TPSA) is 61.3 Å². The predicted molar refractivity (Wildman–Crippen MR) is 62.1 cm³/mol. The minimum absolute atomic E-state index is 0.00218. The maximum atomic E-state index is 12.4. The molecule has 0 bridgehead atoms. The Kier molecular flexibility index (Phi) is 3.14. The van der Waals surface area contributed by atoms with Crippen molar-refractivity contribution in [2.75, 3.05) is 18.9 Å². The van der Waals surface area contributed by atoms with Crippen molar-refractivity contribution in [3.8, 4) is 5.75 Å². The monoisotopic (exact) mass is 260 g/mol. The van der Waals surface area contributed by atoms with Crippen LogP contribution < -0.4 is 16.2 Å². The van der Waals surface area contributed by atoms with Gasteiger partial charge < -0.3 is 16.2 Å². The number of alkyl halides is 3. The molecule has 0 spiro atoms. The number of hydrogen-bond donors (Lipinski definition) is 2. The summed E-state index contributed by atoms with van der Waals surface area (Å²) in [4.78, 5) is 0. The zero-order valence-corrected chi connectivity index (χ0v) is 9.76.